The van der Waals surface area contributed by atoms with Crippen LogP contribution in [0.15, 0.2) is 12.2 Å². The van der Waals surface area contributed by atoms with Crippen molar-refractivity contribution in [3.63, 3.8) is 0 Å². The van der Waals surface area contributed by atoms with Gasteiger partial charge in [-0.2, -0.15) is 0 Å². The molecule has 0 saturated carbocycles. The molecule has 72 valence electrons. The Morgan fingerprint density at radius 1 is 1.54 bits per heavy atom. The van der Waals surface area contributed by atoms with Crippen LogP contribution in [0.3, 0.4) is 0 Å². The van der Waals surface area contributed by atoms with E-state index in [0.717, 1.165) is 4.90 Å². The van der Waals surface area contributed by atoms with Gasteiger partial charge in [0.15, 0.2) is 0 Å². The van der Waals surface area contributed by atoms with Gasteiger partial charge in [0.2, 0.25) is 5.91 Å². The summed E-state index contributed by atoms with van der Waals surface area (Å²) in [5, 5.41) is 0. The lowest BCUT2D eigenvalue weighted by Gasteiger charge is -2.16. The number of hydrogen-bond acceptors (Lipinski definition) is 4. The highest BCUT2D eigenvalue weighted by atomic mass is 16.2. The number of carbonyl (C=O) groups is 3. The topological polar surface area (TPSA) is 80.5 Å². The van der Waals surface area contributed by atoms with Crippen molar-refractivity contribution in [2.75, 3.05) is 13.1 Å². The average molecular weight is 184 g/mol. The molecule has 5 heteroatoms. The van der Waals surface area contributed by atoms with Crippen LogP contribution in [0.5, 0.6) is 0 Å². The molecule has 0 atom stereocenters. The van der Waals surface area contributed by atoms with Crippen LogP contribution in [-0.2, 0) is 14.4 Å². The van der Waals surface area contributed by atoms with Gasteiger partial charge in [0.25, 0.3) is 5.91 Å². The number of imide groups is 1. The predicted octanol–water partition coefficient (Wildman–Crippen LogP) is -0.925. The molecular formula is C8H12N2O3. The fourth-order valence-electron chi connectivity index (χ4n) is 0.713. The van der Waals surface area contributed by atoms with Gasteiger partial charge >= 0.3 is 0 Å². The number of nitrogens with zero attached hydrogens (tertiary/aromatic N) is 1. The molecule has 0 aliphatic heterocycles. The van der Waals surface area contributed by atoms with Crippen molar-refractivity contribution in [3.05, 3.63) is 12.2 Å². The molecule has 0 rings (SSSR count). The normalized spacial score (nSPS) is 9.08. The highest BCUT2D eigenvalue weighted by Crippen LogP contribution is 1.97. The van der Waals surface area contributed by atoms with Gasteiger partial charge in [0.1, 0.15) is 6.29 Å². The fourth-order valence-corrected chi connectivity index (χ4v) is 0.713. The van der Waals surface area contributed by atoms with Gasteiger partial charge in [0.05, 0.1) is 13.1 Å². The highest BCUT2D eigenvalue weighted by molar-refractivity contribution is 6.05. The second-order valence-electron chi connectivity index (χ2n) is 2.46. The van der Waals surface area contributed by atoms with Crippen LogP contribution >= 0.6 is 0 Å². The molecule has 0 saturated heterocycles. The summed E-state index contributed by atoms with van der Waals surface area (Å²) in [7, 11) is 0. The van der Waals surface area contributed by atoms with Crippen molar-refractivity contribution in [1.29, 1.82) is 0 Å². The van der Waals surface area contributed by atoms with E-state index in [0.29, 0.717) is 6.29 Å². The van der Waals surface area contributed by atoms with E-state index in [9.17, 15) is 14.4 Å². The molecule has 0 aromatic rings. The molecule has 2 N–H and O–H groups in total. The largest absolute Gasteiger partial charge is 0.322 e. The lowest BCUT2D eigenvalue weighted by molar-refractivity contribution is -0.143. The van der Waals surface area contributed by atoms with E-state index in [1.165, 1.54) is 6.92 Å². The minimum atomic E-state index is -0.583. The molecule has 0 aromatic heterocycles. The zero-order valence-electron chi connectivity index (χ0n) is 7.45. The molecule has 0 heterocycles. The Kier molecular flexibility index (Phi) is 4.61. The Morgan fingerprint density at radius 2 is 2.08 bits per heavy atom. The summed E-state index contributed by atoms with van der Waals surface area (Å²) in [4.78, 5) is 33.2. The lowest BCUT2D eigenvalue weighted by atomic mass is 10.3. The molecular weight excluding hydrogens is 172 g/mol. The lowest BCUT2D eigenvalue weighted by Crippen LogP contribution is -2.42. The zero-order chi connectivity index (χ0) is 10.4. The minimum absolute atomic E-state index is 0.198. The predicted molar refractivity (Wildman–Crippen MR) is 46.7 cm³/mol. The molecule has 5 nitrogen and oxygen atoms in total. The summed E-state index contributed by atoms with van der Waals surface area (Å²) in [5.41, 5.74) is 5.25. The first-order valence-corrected chi connectivity index (χ1v) is 3.68. The Labute approximate surface area is 76.2 Å². The van der Waals surface area contributed by atoms with Crippen LogP contribution in [0.25, 0.3) is 0 Å². The zero-order valence-corrected chi connectivity index (χ0v) is 7.45. The number of rotatable bonds is 4. The van der Waals surface area contributed by atoms with Crippen LogP contribution in [0, 0.1) is 0 Å². The minimum Gasteiger partial charge on any atom is -0.322 e. The number of hydrogen-bond donors (Lipinski definition) is 1. The third-order valence-electron chi connectivity index (χ3n) is 1.34. The van der Waals surface area contributed by atoms with Crippen LogP contribution < -0.4 is 5.73 Å². The van der Waals surface area contributed by atoms with Crippen molar-refractivity contribution in [2.24, 2.45) is 5.73 Å². The fraction of sp³-hybridized carbons (Fsp3) is 0.375. The van der Waals surface area contributed by atoms with Crippen molar-refractivity contribution in [2.45, 2.75) is 6.92 Å². The van der Waals surface area contributed by atoms with Gasteiger partial charge in [0, 0.05) is 5.57 Å². The molecule has 0 unspecified atom stereocenters. The van der Waals surface area contributed by atoms with E-state index in [-0.39, 0.29) is 18.7 Å². The Bertz CT molecular complexity index is 248. The summed E-state index contributed by atoms with van der Waals surface area (Å²) in [6, 6.07) is 0. The van der Waals surface area contributed by atoms with Gasteiger partial charge in [-0.15, -0.1) is 0 Å². The quantitative estimate of drug-likeness (QED) is 0.452. The summed E-state index contributed by atoms with van der Waals surface area (Å²) in [6.45, 7) is 4.26. The van der Waals surface area contributed by atoms with E-state index < -0.39 is 11.8 Å². The van der Waals surface area contributed by atoms with Gasteiger partial charge < -0.3 is 10.5 Å². The second kappa shape index (κ2) is 5.21. The molecule has 0 aliphatic carbocycles. The number of nitrogens with two attached hydrogens (primary N) is 1. The second-order valence-corrected chi connectivity index (χ2v) is 2.46. The Morgan fingerprint density at radius 3 is 2.38 bits per heavy atom. The molecule has 0 radical (unpaired) electrons. The maximum absolute atomic E-state index is 11.2. The van der Waals surface area contributed by atoms with E-state index in [1.807, 2.05) is 0 Å². The van der Waals surface area contributed by atoms with E-state index >= 15 is 0 Å². The number of aldehydes is 1. The summed E-state index contributed by atoms with van der Waals surface area (Å²) in [5.74, 6) is -1.15. The maximum atomic E-state index is 11.2. The monoisotopic (exact) mass is 184 g/mol. The summed E-state index contributed by atoms with van der Waals surface area (Å²) in [6.07, 6.45) is 0.467. The molecule has 0 fully saturated rings. The Hall–Kier alpha value is -1.49. The SMILES string of the molecule is C=C(C)C(=O)N(CC=O)C(=O)CN. The number of amides is 2. The molecule has 0 bridgehead atoms. The number of carbonyl (C=O) groups excluding carboxylic acids is 3. The standard InChI is InChI=1S/C8H12N2O3/c1-6(2)8(13)10(3-4-11)7(12)5-9/h4H,1,3,5,9H2,2H3. The summed E-state index contributed by atoms with van der Waals surface area (Å²) < 4.78 is 0. The first-order chi connectivity index (χ1) is 6.04. The van der Waals surface area contributed by atoms with Crippen molar-refractivity contribution < 1.29 is 14.4 Å². The molecule has 0 aliphatic rings. The van der Waals surface area contributed by atoms with E-state index in [4.69, 9.17) is 5.73 Å². The van der Waals surface area contributed by atoms with E-state index in [2.05, 4.69) is 6.58 Å². The van der Waals surface area contributed by atoms with Gasteiger partial charge in [-0.1, -0.05) is 6.58 Å². The first kappa shape index (κ1) is 11.5. The third-order valence-corrected chi connectivity index (χ3v) is 1.34. The molecule has 0 aromatic carbocycles. The molecule has 0 spiro atoms. The van der Waals surface area contributed by atoms with E-state index in [1.54, 1.807) is 0 Å². The third kappa shape index (κ3) is 3.16. The van der Waals surface area contributed by atoms with Crippen LogP contribution in [-0.4, -0.2) is 36.1 Å². The average Bonchev–Trinajstić information content (AvgIpc) is 2.11. The van der Waals surface area contributed by atoms with Crippen molar-refractivity contribution in [3.8, 4) is 0 Å². The van der Waals surface area contributed by atoms with Crippen LogP contribution in [0.4, 0.5) is 0 Å². The van der Waals surface area contributed by atoms with Crippen LogP contribution in [0.1, 0.15) is 6.92 Å². The van der Waals surface area contributed by atoms with Crippen molar-refractivity contribution >= 4 is 18.1 Å². The molecule has 13 heavy (non-hydrogen) atoms. The smallest absolute Gasteiger partial charge is 0.255 e. The Balaban J connectivity index is 4.59. The van der Waals surface area contributed by atoms with Gasteiger partial charge in [-0.25, -0.2) is 0 Å². The van der Waals surface area contributed by atoms with Gasteiger partial charge in [-0.05, 0) is 6.92 Å². The first-order valence-electron chi connectivity index (χ1n) is 3.68. The highest BCUT2D eigenvalue weighted by Gasteiger charge is 2.19. The van der Waals surface area contributed by atoms with Crippen molar-refractivity contribution in [1.82, 2.24) is 4.90 Å². The molecule has 2 amide bonds. The van der Waals surface area contributed by atoms with Crippen LogP contribution in [0.2, 0.25) is 0 Å². The van der Waals surface area contributed by atoms with Gasteiger partial charge in [-0.3, -0.25) is 14.5 Å². The maximum Gasteiger partial charge on any atom is 0.255 e. The summed E-state index contributed by atoms with van der Waals surface area (Å²) >= 11 is 0.